The number of thioether (sulfide) groups is 1. The first-order valence-corrected chi connectivity index (χ1v) is 15.0. The van der Waals surface area contributed by atoms with E-state index in [9.17, 15) is 4.79 Å². The van der Waals surface area contributed by atoms with Gasteiger partial charge >= 0.3 is 0 Å². The SMILES string of the molecule is O=C1CCCC2=C1C(c1cc(Br)ccc1OCc1ccccc1Cl)n1nc(SCc3ccccc3Cl)nc1N2. The van der Waals surface area contributed by atoms with E-state index in [0.717, 1.165) is 39.7 Å². The molecule has 0 fully saturated rings. The molecule has 0 saturated heterocycles. The molecule has 0 radical (unpaired) electrons. The number of nitrogens with one attached hydrogen (secondary N) is 1. The molecular weight excluding hydrogens is 619 g/mol. The van der Waals surface area contributed by atoms with Gasteiger partial charge in [-0.15, -0.1) is 5.10 Å². The van der Waals surface area contributed by atoms with Crippen LogP contribution in [0.15, 0.2) is 87.6 Å². The molecular formula is C29H23BrCl2N4O2S. The van der Waals surface area contributed by atoms with E-state index in [2.05, 4.69) is 21.2 Å². The molecule has 0 amide bonds. The molecule has 0 saturated carbocycles. The van der Waals surface area contributed by atoms with Crippen LogP contribution in [0.5, 0.6) is 5.75 Å². The van der Waals surface area contributed by atoms with Crippen molar-refractivity contribution in [3.8, 4) is 5.75 Å². The van der Waals surface area contributed by atoms with Gasteiger partial charge in [0, 0.05) is 49.1 Å². The lowest BCUT2D eigenvalue weighted by Gasteiger charge is -2.33. The fourth-order valence-corrected chi connectivity index (χ4v) is 6.56. The molecule has 1 unspecified atom stereocenters. The number of Topliss-reactive ketones (excluding diaryl/α,β-unsaturated/α-hetero) is 1. The number of carbonyl (C=O) groups is 1. The normalized spacial score (nSPS) is 16.5. The maximum absolute atomic E-state index is 13.3. The standard InChI is InChI=1S/C29H23BrCl2N4O2S/c30-19-12-13-25(38-15-17-6-1-3-8-21(17)31)20(14-19)27-26-23(10-5-11-24(26)37)33-28-34-29(35-36(27)28)39-16-18-7-2-4-9-22(18)32/h1-4,6-9,12-14,27H,5,10-11,15-16H2,(H,33,34,35). The van der Waals surface area contributed by atoms with Crippen LogP contribution >= 0.6 is 50.9 Å². The third-order valence-electron chi connectivity index (χ3n) is 6.77. The van der Waals surface area contributed by atoms with Crippen molar-refractivity contribution in [2.24, 2.45) is 0 Å². The van der Waals surface area contributed by atoms with Crippen molar-refractivity contribution in [1.29, 1.82) is 0 Å². The number of hydrogen-bond acceptors (Lipinski definition) is 6. The van der Waals surface area contributed by atoms with Crippen LogP contribution in [0.1, 0.15) is 42.0 Å². The Labute approximate surface area is 248 Å². The van der Waals surface area contributed by atoms with Gasteiger partial charge in [0.15, 0.2) is 5.78 Å². The molecule has 2 heterocycles. The number of nitrogens with zero attached hydrogens (tertiary/aromatic N) is 3. The lowest BCUT2D eigenvalue weighted by Crippen LogP contribution is -2.31. The minimum atomic E-state index is -0.482. The van der Waals surface area contributed by atoms with Crippen LogP contribution in [0.25, 0.3) is 0 Å². The first kappa shape index (κ1) is 26.4. The number of halogens is 3. The molecule has 1 N–H and O–H groups in total. The summed E-state index contributed by atoms with van der Waals surface area (Å²) in [7, 11) is 0. The van der Waals surface area contributed by atoms with E-state index in [4.69, 9.17) is 38.0 Å². The minimum absolute atomic E-state index is 0.109. The van der Waals surface area contributed by atoms with E-state index < -0.39 is 6.04 Å². The third kappa shape index (κ3) is 5.48. The van der Waals surface area contributed by atoms with Crippen LogP contribution in [-0.4, -0.2) is 20.5 Å². The maximum Gasteiger partial charge on any atom is 0.227 e. The molecule has 4 aromatic rings. The number of anilines is 1. The number of ketones is 1. The number of allylic oxidation sites excluding steroid dienone is 2. The molecule has 198 valence electrons. The number of rotatable bonds is 7. The molecule has 39 heavy (non-hydrogen) atoms. The zero-order chi connectivity index (χ0) is 26.9. The first-order valence-electron chi connectivity index (χ1n) is 12.5. The number of fused-ring (bicyclic) bond motifs is 1. The fraction of sp³-hybridized carbons (Fsp3) is 0.207. The largest absolute Gasteiger partial charge is 0.488 e. The van der Waals surface area contributed by atoms with E-state index in [1.54, 1.807) is 4.68 Å². The monoisotopic (exact) mass is 640 g/mol. The Balaban J connectivity index is 1.38. The highest BCUT2D eigenvalue weighted by molar-refractivity contribution is 9.10. The second-order valence-corrected chi connectivity index (χ2v) is 12.0. The lowest BCUT2D eigenvalue weighted by molar-refractivity contribution is -0.116. The van der Waals surface area contributed by atoms with Gasteiger partial charge in [0.25, 0.3) is 0 Å². The van der Waals surface area contributed by atoms with Crippen LogP contribution < -0.4 is 10.1 Å². The summed E-state index contributed by atoms with van der Waals surface area (Å²) in [6.45, 7) is 0.294. The number of carbonyl (C=O) groups excluding carboxylic acids is 1. The Morgan fingerprint density at radius 1 is 1.03 bits per heavy atom. The fourth-order valence-electron chi connectivity index (χ4n) is 4.88. The number of ether oxygens (including phenoxy) is 1. The van der Waals surface area contributed by atoms with Crippen molar-refractivity contribution < 1.29 is 9.53 Å². The van der Waals surface area contributed by atoms with Crippen LogP contribution in [0.4, 0.5) is 5.95 Å². The van der Waals surface area contributed by atoms with Gasteiger partial charge in [-0.1, -0.05) is 87.3 Å². The summed E-state index contributed by atoms with van der Waals surface area (Å²) in [5, 5.41) is 10.2. The summed E-state index contributed by atoms with van der Waals surface area (Å²) >= 11 is 17.9. The number of hydrogen-bond donors (Lipinski definition) is 1. The summed E-state index contributed by atoms with van der Waals surface area (Å²) in [5.41, 5.74) is 4.33. The predicted molar refractivity (Wildman–Crippen MR) is 159 cm³/mol. The molecule has 6 nitrogen and oxygen atoms in total. The molecule has 1 aliphatic carbocycles. The lowest BCUT2D eigenvalue weighted by atomic mass is 9.85. The molecule has 0 bridgehead atoms. The molecule has 0 spiro atoms. The van der Waals surface area contributed by atoms with Crippen molar-refractivity contribution in [2.75, 3.05) is 5.32 Å². The van der Waals surface area contributed by atoms with Crippen LogP contribution in [0.2, 0.25) is 10.0 Å². The van der Waals surface area contributed by atoms with E-state index >= 15 is 0 Å². The highest BCUT2D eigenvalue weighted by atomic mass is 79.9. The van der Waals surface area contributed by atoms with Gasteiger partial charge in [-0.2, -0.15) is 4.98 Å². The van der Waals surface area contributed by atoms with E-state index in [0.29, 0.717) is 51.3 Å². The smallest absolute Gasteiger partial charge is 0.227 e. The number of benzene rings is 3. The second kappa shape index (κ2) is 11.4. The predicted octanol–water partition coefficient (Wildman–Crippen LogP) is 8.24. The summed E-state index contributed by atoms with van der Waals surface area (Å²) in [5.74, 6) is 1.99. The topological polar surface area (TPSA) is 69.0 Å². The van der Waals surface area contributed by atoms with Crippen LogP contribution in [0.3, 0.4) is 0 Å². The quantitative estimate of drug-likeness (QED) is 0.205. The van der Waals surface area contributed by atoms with Crippen molar-refractivity contribution in [3.63, 3.8) is 0 Å². The molecule has 1 aromatic heterocycles. The van der Waals surface area contributed by atoms with Gasteiger partial charge in [-0.25, -0.2) is 4.68 Å². The van der Waals surface area contributed by atoms with Gasteiger partial charge < -0.3 is 10.1 Å². The van der Waals surface area contributed by atoms with Crippen LogP contribution in [-0.2, 0) is 17.2 Å². The van der Waals surface area contributed by atoms with Gasteiger partial charge in [-0.05, 0) is 48.7 Å². The molecule has 1 aliphatic heterocycles. The van der Waals surface area contributed by atoms with Gasteiger partial charge in [0.2, 0.25) is 11.1 Å². The zero-order valence-electron chi connectivity index (χ0n) is 20.7. The van der Waals surface area contributed by atoms with Gasteiger partial charge in [0.05, 0.1) is 0 Å². The molecule has 2 aliphatic rings. The van der Waals surface area contributed by atoms with E-state index in [-0.39, 0.29) is 5.78 Å². The van der Waals surface area contributed by atoms with Gasteiger partial charge in [-0.3, -0.25) is 4.79 Å². The Kier molecular flexibility index (Phi) is 7.71. The maximum atomic E-state index is 13.3. The van der Waals surface area contributed by atoms with Crippen molar-refractivity contribution in [1.82, 2.24) is 14.8 Å². The van der Waals surface area contributed by atoms with Crippen molar-refractivity contribution in [2.45, 2.75) is 42.8 Å². The van der Waals surface area contributed by atoms with Gasteiger partial charge in [0.1, 0.15) is 18.4 Å². The van der Waals surface area contributed by atoms with Crippen LogP contribution in [0, 0.1) is 0 Å². The summed E-state index contributed by atoms with van der Waals surface area (Å²) in [6.07, 6.45) is 2.07. The highest BCUT2D eigenvalue weighted by Gasteiger charge is 2.38. The summed E-state index contributed by atoms with van der Waals surface area (Å²) in [4.78, 5) is 18.1. The molecule has 6 rings (SSSR count). The highest BCUT2D eigenvalue weighted by Crippen LogP contribution is 2.44. The second-order valence-electron chi connectivity index (χ2n) is 9.30. The summed E-state index contributed by atoms with van der Waals surface area (Å²) < 4.78 is 9.01. The van der Waals surface area contributed by atoms with E-state index in [1.807, 2.05) is 66.7 Å². The average molecular weight is 642 g/mol. The Morgan fingerprint density at radius 3 is 2.54 bits per heavy atom. The Bertz CT molecular complexity index is 1610. The molecule has 3 aromatic carbocycles. The van der Waals surface area contributed by atoms with E-state index in [1.165, 1.54) is 11.8 Å². The average Bonchev–Trinajstić information content (AvgIpc) is 3.34. The zero-order valence-corrected chi connectivity index (χ0v) is 24.6. The third-order valence-corrected chi connectivity index (χ3v) is 8.89. The molecule has 1 atom stereocenters. The van der Waals surface area contributed by atoms with Crippen molar-refractivity contribution >= 4 is 62.6 Å². The Morgan fingerprint density at radius 2 is 1.77 bits per heavy atom. The first-order chi connectivity index (χ1) is 19.0. The Hall–Kier alpha value is -2.78. The summed E-state index contributed by atoms with van der Waals surface area (Å²) in [6, 6.07) is 20.7. The van der Waals surface area contributed by atoms with Crippen molar-refractivity contribution in [3.05, 3.63) is 109 Å². The molecule has 10 heteroatoms. The number of aromatic nitrogens is 3. The minimum Gasteiger partial charge on any atom is -0.488 e.